The van der Waals surface area contributed by atoms with Crippen molar-refractivity contribution in [2.45, 2.75) is 12.1 Å². The van der Waals surface area contributed by atoms with E-state index in [2.05, 4.69) is 5.32 Å². The first kappa shape index (κ1) is 20.3. The third-order valence-electron chi connectivity index (χ3n) is 4.84. The Morgan fingerprint density at radius 2 is 1.86 bits per heavy atom. The van der Waals surface area contributed by atoms with Crippen LogP contribution in [0.2, 0.25) is 0 Å². The molecule has 1 fully saturated rings. The number of likely N-dealkylation sites (tertiary alicyclic amines) is 1. The Labute approximate surface area is 163 Å². The van der Waals surface area contributed by atoms with Gasteiger partial charge in [0.1, 0.15) is 12.0 Å². The van der Waals surface area contributed by atoms with Crippen LogP contribution in [-0.4, -0.2) is 30.3 Å². The number of nitrogens with zero attached hydrogens (tertiary/aromatic N) is 2. The summed E-state index contributed by atoms with van der Waals surface area (Å²) in [5.74, 6) is -4.17. The summed E-state index contributed by atoms with van der Waals surface area (Å²) in [4.78, 5) is 26.5. The molecule has 2 atom stereocenters. The minimum Gasteiger partial charge on any atom is -0.344 e. The van der Waals surface area contributed by atoms with Gasteiger partial charge in [0.05, 0.1) is 16.8 Å². The number of nitriles is 1. The number of carbonyl (C=O) groups excluding carboxylic acids is 2. The lowest BCUT2D eigenvalue weighted by Crippen LogP contribution is -2.33. The number of amides is 2. The zero-order chi connectivity index (χ0) is 21.3. The Morgan fingerprint density at radius 3 is 2.45 bits per heavy atom. The van der Waals surface area contributed by atoms with Crippen molar-refractivity contribution in [3.8, 4) is 6.07 Å². The molecule has 0 bridgehead atoms. The highest BCUT2D eigenvalue weighted by atomic mass is 19.4. The molecule has 5 nitrogen and oxygen atoms in total. The summed E-state index contributed by atoms with van der Waals surface area (Å²) in [7, 11) is 1.48. The van der Waals surface area contributed by atoms with E-state index in [0.29, 0.717) is 5.56 Å². The van der Waals surface area contributed by atoms with Gasteiger partial charge >= 0.3 is 6.18 Å². The summed E-state index contributed by atoms with van der Waals surface area (Å²) in [6.45, 7) is 0.128. The number of likely N-dealkylation sites (N-methyl/N-ethyl adjacent to an activating group) is 1. The molecule has 1 aliphatic rings. The predicted molar refractivity (Wildman–Crippen MR) is 95.1 cm³/mol. The molecule has 0 radical (unpaired) electrons. The number of hydrogen-bond donors (Lipinski definition) is 1. The van der Waals surface area contributed by atoms with Crippen LogP contribution >= 0.6 is 0 Å². The molecule has 2 aromatic carbocycles. The number of alkyl halides is 3. The van der Waals surface area contributed by atoms with Crippen molar-refractivity contribution in [2.75, 3.05) is 18.9 Å². The highest BCUT2D eigenvalue weighted by molar-refractivity contribution is 6.08. The van der Waals surface area contributed by atoms with E-state index < -0.39 is 41.2 Å². The number of carbonyl (C=O) groups is 2. The molecule has 0 saturated carbocycles. The second-order valence-electron chi connectivity index (χ2n) is 6.69. The molecule has 1 N–H and O–H groups in total. The number of rotatable bonds is 3. The van der Waals surface area contributed by atoms with Crippen LogP contribution in [-0.2, 0) is 15.8 Å². The smallest absolute Gasteiger partial charge is 0.344 e. The summed E-state index contributed by atoms with van der Waals surface area (Å²) in [5, 5.41) is 11.2. The number of nitrogens with one attached hydrogen (secondary N) is 1. The second kappa shape index (κ2) is 7.54. The highest BCUT2D eigenvalue weighted by Crippen LogP contribution is 2.36. The first-order valence-corrected chi connectivity index (χ1v) is 8.55. The molecule has 9 heteroatoms. The molecule has 3 rings (SSSR count). The van der Waals surface area contributed by atoms with Crippen LogP contribution in [0.15, 0.2) is 42.5 Å². The second-order valence-corrected chi connectivity index (χ2v) is 6.69. The van der Waals surface area contributed by atoms with Gasteiger partial charge in [-0.15, -0.1) is 0 Å². The highest BCUT2D eigenvalue weighted by Gasteiger charge is 2.44. The Hall–Kier alpha value is -3.41. The van der Waals surface area contributed by atoms with Gasteiger partial charge in [0, 0.05) is 19.5 Å². The third-order valence-corrected chi connectivity index (χ3v) is 4.84. The summed E-state index contributed by atoms with van der Waals surface area (Å²) >= 11 is 0. The number of anilines is 1. The molecule has 0 aromatic heterocycles. The minimum atomic E-state index is -4.50. The number of halogens is 4. The van der Waals surface area contributed by atoms with Crippen molar-refractivity contribution in [1.29, 1.82) is 5.26 Å². The summed E-state index contributed by atoms with van der Waals surface area (Å²) < 4.78 is 52.6. The number of hydrogen-bond acceptors (Lipinski definition) is 3. The van der Waals surface area contributed by atoms with Gasteiger partial charge in [0.25, 0.3) is 0 Å². The quantitative estimate of drug-likeness (QED) is 0.627. The monoisotopic (exact) mass is 405 g/mol. The molecular weight excluding hydrogens is 390 g/mol. The van der Waals surface area contributed by atoms with Crippen LogP contribution in [0.5, 0.6) is 0 Å². The van der Waals surface area contributed by atoms with E-state index in [0.717, 1.165) is 12.1 Å². The van der Waals surface area contributed by atoms with E-state index in [1.165, 1.54) is 42.3 Å². The van der Waals surface area contributed by atoms with Gasteiger partial charge in [-0.2, -0.15) is 18.4 Å². The zero-order valence-electron chi connectivity index (χ0n) is 15.1. The first-order chi connectivity index (χ1) is 13.6. The van der Waals surface area contributed by atoms with E-state index in [1.54, 1.807) is 6.07 Å². The fourth-order valence-electron chi connectivity index (χ4n) is 3.34. The van der Waals surface area contributed by atoms with Crippen molar-refractivity contribution in [2.24, 2.45) is 5.92 Å². The Balaban J connectivity index is 1.89. The van der Waals surface area contributed by atoms with Gasteiger partial charge < -0.3 is 10.2 Å². The Bertz CT molecular complexity index is 996. The van der Waals surface area contributed by atoms with Crippen molar-refractivity contribution < 1.29 is 27.2 Å². The first-order valence-electron chi connectivity index (χ1n) is 8.55. The summed E-state index contributed by atoms with van der Waals surface area (Å²) in [6.07, 6.45) is -4.50. The lowest BCUT2D eigenvalue weighted by Gasteiger charge is -2.18. The van der Waals surface area contributed by atoms with Gasteiger partial charge in [0.2, 0.25) is 11.8 Å². The van der Waals surface area contributed by atoms with Crippen LogP contribution in [0.1, 0.15) is 22.6 Å². The van der Waals surface area contributed by atoms with Gasteiger partial charge in [-0.25, -0.2) is 4.39 Å². The molecule has 2 aromatic rings. The van der Waals surface area contributed by atoms with Crippen molar-refractivity contribution in [3.63, 3.8) is 0 Å². The summed E-state index contributed by atoms with van der Waals surface area (Å²) in [5.41, 5.74) is -0.961. The molecule has 1 heterocycles. The molecular formula is C20H15F4N3O2. The molecule has 0 aliphatic carbocycles. The van der Waals surface area contributed by atoms with Crippen LogP contribution in [0, 0.1) is 23.1 Å². The Kier molecular flexibility index (Phi) is 5.29. The fraction of sp³-hybridized carbons (Fsp3) is 0.250. The fourth-order valence-corrected chi connectivity index (χ4v) is 3.34. The third kappa shape index (κ3) is 3.92. The van der Waals surface area contributed by atoms with Gasteiger partial charge in [-0.05, 0) is 29.8 Å². The molecule has 1 saturated heterocycles. The van der Waals surface area contributed by atoms with Crippen LogP contribution < -0.4 is 5.32 Å². The van der Waals surface area contributed by atoms with Crippen LogP contribution in [0.25, 0.3) is 0 Å². The normalized spacial score (nSPS) is 19.2. The molecule has 150 valence electrons. The van der Waals surface area contributed by atoms with E-state index in [-0.39, 0.29) is 17.8 Å². The lowest BCUT2D eigenvalue weighted by molar-refractivity contribution is -0.138. The molecule has 2 amide bonds. The van der Waals surface area contributed by atoms with Crippen LogP contribution in [0.3, 0.4) is 0 Å². The molecule has 29 heavy (non-hydrogen) atoms. The van der Waals surface area contributed by atoms with Crippen molar-refractivity contribution >= 4 is 17.5 Å². The molecule has 1 aliphatic heterocycles. The van der Waals surface area contributed by atoms with E-state index in [9.17, 15) is 27.2 Å². The molecule has 0 spiro atoms. The van der Waals surface area contributed by atoms with Gasteiger partial charge in [0.15, 0.2) is 5.82 Å². The van der Waals surface area contributed by atoms with Gasteiger partial charge in [-0.1, -0.05) is 18.2 Å². The minimum absolute atomic E-state index is 0.128. The lowest BCUT2D eigenvalue weighted by atomic mass is 9.87. The zero-order valence-corrected chi connectivity index (χ0v) is 15.1. The average Bonchev–Trinajstić information content (AvgIpc) is 2.97. The van der Waals surface area contributed by atoms with E-state index in [1.807, 2.05) is 0 Å². The largest absolute Gasteiger partial charge is 0.416 e. The predicted octanol–water partition coefficient (Wildman–Crippen LogP) is 3.53. The SMILES string of the molecule is CN1C[C@H](c2ccc(C(F)(F)F)cc2)[C@@H](C(=O)Nc2cccc(C#N)c2F)C1=O. The topological polar surface area (TPSA) is 73.2 Å². The molecule has 0 unspecified atom stereocenters. The van der Waals surface area contributed by atoms with Crippen molar-refractivity contribution in [1.82, 2.24) is 4.90 Å². The maximum Gasteiger partial charge on any atom is 0.416 e. The standard InChI is InChI=1S/C20H15F4N3O2/c1-27-10-14(11-5-7-13(8-6-11)20(22,23)24)16(19(27)29)18(28)26-15-4-2-3-12(9-25)17(15)21/h2-8,14,16H,10H2,1H3,(H,26,28)/t14-,16+/m1/s1. The van der Waals surface area contributed by atoms with E-state index >= 15 is 0 Å². The Morgan fingerprint density at radius 1 is 1.21 bits per heavy atom. The van der Waals surface area contributed by atoms with Crippen LogP contribution in [0.4, 0.5) is 23.2 Å². The average molecular weight is 405 g/mol. The van der Waals surface area contributed by atoms with E-state index in [4.69, 9.17) is 5.26 Å². The maximum atomic E-state index is 14.2. The maximum absolute atomic E-state index is 14.2. The summed E-state index contributed by atoms with van der Waals surface area (Å²) in [6, 6.07) is 9.78. The van der Waals surface area contributed by atoms with Gasteiger partial charge in [-0.3, -0.25) is 9.59 Å². The van der Waals surface area contributed by atoms with Crippen molar-refractivity contribution in [3.05, 3.63) is 65.0 Å². The number of benzene rings is 2.